The molecule has 31 heavy (non-hydrogen) atoms. The van der Waals surface area contributed by atoms with E-state index in [-0.39, 0.29) is 0 Å². The third-order valence-corrected chi connectivity index (χ3v) is 5.00. The molecule has 0 heterocycles. The first-order valence-electron chi connectivity index (χ1n) is 7.69. The van der Waals surface area contributed by atoms with Gasteiger partial charge in [-0.15, -0.1) is 0 Å². The van der Waals surface area contributed by atoms with Crippen molar-refractivity contribution in [3.05, 3.63) is 67.0 Å². The zero-order chi connectivity index (χ0) is 23.6. The van der Waals surface area contributed by atoms with E-state index in [0.29, 0.717) is 15.7 Å². The molecule has 0 saturated carbocycles. The van der Waals surface area contributed by atoms with Crippen molar-refractivity contribution in [2.75, 3.05) is 6.61 Å². The summed E-state index contributed by atoms with van der Waals surface area (Å²) in [7, 11) is -6.17. The molecule has 0 amide bonds. The monoisotopic (exact) mass is 574 g/mol. The second-order valence-corrected chi connectivity index (χ2v) is 8.37. The molecule has 0 fully saturated rings. The first kappa shape index (κ1) is 24.5. The Morgan fingerprint density at radius 2 is 1.74 bits per heavy atom. The van der Waals surface area contributed by atoms with E-state index >= 15 is 0 Å². The van der Waals surface area contributed by atoms with Crippen molar-refractivity contribution in [2.45, 2.75) is 5.25 Å². The molecule has 0 bridgehead atoms. The average molecular weight is 574 g/mol. The third kappa shape index (κ3) is 5.88. The second-order valence-electron chi connectivity index (χ2n) is 5.62. The quantitative estimate of drug-likeness (QED) is 0.121. The number of carbonyl (C=O) groups is 2. The van der Waals surface area contributed by atoms with Crippen LogP contribution in [-0.4, -0.2) is 41.7 Å². The number of nitrogens with zero attached hydrogens (tertiary/aromatic N) is 1. The Kier molecular flexibility index (Phi) is 7.22. The highest BCUT2D eigenvalue weighted by Crippen LogP contribution is 2.27. The van der Waals surface area contributed by atoms with Gasteiger partial charge in [0.2, 0.25) is 0 Å². The highest BCUT2D eigenvalue weighted by molar-refractivity contribution is 14.1. The van der Waals surface area contributed by atoms with Crippen LogP contribution in [0.5, 0.6) is 5.75 Å². The number of ether oxygens (including phenoxy) is 2. The van der Waals surface area contributed by atoms with Crippen molar-refractivity contribution in [3.63, 3.8) is 0 Å². The maximum absolute atomic E-state index is 13.8. The van der Waals surface area contributed by atoms with Gasteiger partial charge in [-0.2, -0.15) is 8.78 Å². The summed E-state index contributed by atoms with van der Waals surface area (Å²) in [6.45, 7) is -2.20. The molecule has 0 unspecified atom stereocenters. The molecule has 0 radical (unpaired) electrons. The van der Waals surface area contributed by atoms with E-state index in [0.717, 1.165) is 18.2 Å². The van der Waals surface area contributed by atoms with Crippen LogP contribution in [-0.2, 0) is 14.9 Å². The number of alkyl halides is 2. The van der Waals surface area contributed by atoms with Crippen molar-refractivity contribution in [1.82, 2.24) is 0 Å². The zero-order valence-corrected chi connectivity index (χ0v) is 17.7. The average Bonchev–Trinajstić information content (AvgIpc) is 2.66. The Morgan fingerprint density at radius 3 is 2.32 bits per heavy atom. The van der Waals surface area contributed by atoms with Crippen molar-refractivity contribution < 1.29 is 50.1 Å². The minimum atomic E-state index is -6.17. The topological polar surface area (TPSA) is 153 Å². The first-order chi connectivity index (χ1) is 14.2. The normalized spacial score (nSPS) is 11.6. The summed E-state index contributed by atoms with van der Waals surface area (Å²) >= 11 is 1.80. The van der Waals surface area contributed by atoms with Gasteiger partial charge in [0.15, 0.2) is 16.7 Å². The standard InChI is InChI=1S/C16H9F3INO9S/c17-12-3-1-8(20)5-10(12)15(23)30-9-2-4-13(21(24)25)11(6-9)14(22)29-7-16(18,19)31(26,27)28/h1-6H,7H2,(H,26,27,28)/p-1. The minimum absolute atomic E-state index is 0.480. The van der Waals surface area contributed by atoms with Gasteiger partial charge in [0, 0.05) is 15.7 Å². The van der Waals surface area contributed by atoms with Crippen LogP contribution in [0.25, 0.3) is 0 Å². The number of nitro groups is 1. The van der Waals surface area contributed by atoms with Gasteiger partial charge in [0.1, 0.15) is 17.1 Å². The SMILES string of the molecule is O=C(Oc1ccc([N+](=O)[O-])c(C(=O)OCC(F)(F)S(=O)(=O)[O-])c1)c1cc(I)ccc1F. The van der Waals surface area contributed by atoms with Crippen molar-refractivity contribution >= 4 is 50.3 Å². The number of halogens is 4. The number of esters is 2. The van der Waals surface area contributed by atoms with Gasteiger partial charge < -0.3 is 14.0 Å². The molecule has 0 aliphatic heterocycles. The largest absolute Gasteiger partial charge is 0.743 e. The summed E-state index contributed by atoms with van der Waals surface area (Å²) in [4.78, 5) is 34.1. The van der Waals surface area contributed by atoms with Gasteiger partial charge in [-0.1, -0.05) is 0 Å². The third-order valence-electron chi connectivity index (χ3n) is 3.48. The summed E-state index contributed by atoms with van der Waals surface area (Å²) in [6.07, 6.45) is 0. The summed E-state index contributed by atoms with van der Waals surface area (Å²) in [5.41, 5.74) is -2.44. The minimum Gasteiger partial charge on any atom is -0.743 e. The molecule has 0 atom stereocenters. The van der Waals surface area contributed by atoms with E-state index in [1.54, 1.807) is 22.6 Å². The van der Waals surface area contributed by atoms with E-state index in [4.69, 9.17) is 4.74 Å². The van der Waals surface area contributed by atoms with E-state index in [1.165, 1.54) is 6.07 Å². The maximum Gasteiger partial charge on any atom is 0.367 e. The highest BCUT2D eigenvalue weighted by Gasteiger charge is 2.40. The molecular formula is C16H8F3INO9S-. The molecule has 2 rings (SSSR count). The van der Waals surface area contributed by atoms with E-state index in [2.05, 4.69) is 4.74 Å². The second kappa shape index (κ2) is 9.15. The highest BCUT2D eigenvalue weighted by atomic mass is 127. The van der Waals surface area contributed by atoms with Crippen LogP contribution in [0.3, 0.4) is 0 Å². The van der Waals surface area contributed by atoms with E-state index in [1.807, 2.05) is 0 Å². The van der Waals surface area contributed by atoms with Gasteiger partial charge in [0.25, 0.3) is 5.69 Å². The van der Waals surface area contributed by atoms with Crippen LogP contribution in [0.1, 0.15) is 20.7 Å². The van der Waals surface area contributed by atoms with Gasteiger partial charge in [-0.3, -0.25) is 10.1 Å². The van der Waals surface area contributed by atoms with Crippen LogP contribution in [0.15, 0.2) is 36.4 Å². The molecule has 0 aliphatic rings. The molecule has 166 valence electrons. The molecule has 0 saturated heterocycles. The Bertz CT molecular complexity index is 1170. The smallest absolute Gasteiger partial charge is 0.367 e. The van der Waals surface area contributed by atoms with Crippen molar-refractivity contribution in [3.8, 4) is 5.75 Å². The van der Waals surface area contributed by atoms with Crippen LogP contribution in [0, 0.1) is 19.5 Å². The fourth-order valence-corrected chi connectivity index (χ4v) is 2.71. The number of benzene rings is 2. The van der Waals surface area contributed by atoms with E-state index in [9.17, 15) is 45.8 Å². The number of hydrogen-bond donors (Lipinski definition) is 0. The number of carbonyl (C=O) groups excluding carboxylic acids is 2. The molecule has 15 heteroatoms. The molecule has 0 aliphatic carbocycles. The Labute approximate surface area is 185 Å². The number of rotatable bonds is 7. The Morgan fingerprint density at radius 1 is 1.10 bits per heavy atom. The molecule has 2 aromatic carbocycles. The fraction of sp³-hybridized carbons (Fsp3) is 0.125. The summed E-state index contributed by atoms with van der Waals surface area (Å²) in [6, 6.07) is 5.62. The molecule has 0 spiro atoms. The van der Waals surface area contributed by atoms with Crippen molar-refractivity contribution in [2.24, 2.45) is 0 Å². The lowest BCUT2D eigenvalue weighted by Gasteiger charge is -2.19. The predicted octanol–water partition coefficient (Wildman–Crippen LogP) is 2.85. The van der Waals surface area contributed by atoms with Crippen LogP contribution in [0.4, 0.5) is 18.9 Å². The van der Waals surface area contributed by atoms with Gasteiger partial charge in [-0.25, -0.2) is 22.4 Å². The first-order valence-corrected chi connectivity index (χ1v) is 10.2. The fourth-order valence-electron chi connectivity index (χ4n) is 2.02. The lowest BCUT2D eigenvalue weighted by molar-refractivity contribution is -0.385. The predicted molar refractivity (Wildman–Crippen MR) is 102 cm³/mol. The number of nitro benzene ring substituents is 1. The maximum atomic E-state index is 13.8. The van der Waals surface area contributed by atoms with Crippen LogP contribution < -0.4 is 4.74 Å². The summed E-state index contributed by atoms with van der Waals surface area (Å²) < 4.78 is 80.8. The van der Waals surface area contributed by atoms with Gasteiger partial charge in [-0.05, 0) is 46.9 Å². The molecule has 10 nitrogen and oxygen atoms in total. The van der Waals surface area contributed by atoms with Gasteiger partial charge >= 0.3 is 17.2 Å². The number of hydrogen-bond acceptors (Lipinski definition) is 9. The van der Waals surface area contributed by atoms with Crippen molar-refractivity contribution in [1.29, 1.82) is 0 Å². The molecular weight excluding hydrogens is 566 g/mol. The molecule has 0 N–H and O–H groups in total. The lowest BCUT2D eigenvalue weighted by atomic mass is 10.1. The van der Waals surface area contributed by atoms with Crippen LogP contribution >= 0.6 is 22.6 Å². The Hall–Kier alpha value is -2.79. The van der Waals surface area contributed by atoms with E-state index < -0.39 is 67.2 Å². The molecule has 2 aromatic rings. The summed E-state index contributed by atoms with van der Waals surface area (Å²) in [5.74, 6) is -4.47. The summed E-state index contributed by atoms with van der Waals surface area (Å²) in [5, 5.41) is 6.09. The molecule has 0 aromatic heterocycles. The van der Waals surface area contributed by atoms with Crippen LogP contribution in [0.2, 0.25) is 0 Å². The van der Waals surface area contributed by atoms with Gasteiger partial charge in [0.05, 0.1) is 10.5 Å². The lowest BCUT2D eigenvalue weighted by Crippen LogP contribution is -2.34. The Balaban J connectivity index is 2.32. The zero-order valence-electron chi connectivity index (χ0n) is 14.7.